The number of amides is 1. The molecule has 0 radical (unpaired) electrons. The van der Waals surface area contributed by atoms with E-state index in [-0.39, 0.29) is 21.1 Å². The van der Waals surface area contributed by atoms with Gasteiger partial charge in [-0.1, -0.05) is 18.2 Å². The van der Waals surface area contributed by atoms with Gasteiger partial charge < -0.3 is 10.2 Å². The first kappa shape index (κ1) is 16.2. The fourth-order valence-corrected chi connectivity index (χ4v) is 5.26. The molecule has 0 aliphatic carbocycles. The molecule has 1 aliphatic rings. The van der Waals surface area contributed by atoms with Crippen molar-refractivity contribution < 1.29 is 13.2 Å². The summed E-state index contributed by atoms with van der Waals surface area (Å²) in [6, 6.07) is 11.5. The summed E-state index contributed by atoms with van der Waals surface area (Å²) in [5.74, 6) is -0.0986. The maximum atomic E-state index is 12.6. The standard InChI is InChI=1S/C16H18N2O3S2/c1-12-11-17-9-10-18(12)16(19)14-7-8-15(22-14)23(20,21)13-5-3-2-4-6-13/h2-8,12,17H,9-11H2,1H3/t12-/m0/s1. The quantitative estimate of drug-likeness (QED) is 0.920. The first-order chi connectivity index (χ1) is 11.0. The van der Waals surface area contributed by atoms with Crippen molar-refractivity contribution in [2.45, 2.75) is 22.1 Å². The summed E-state index contributed by atoms with van der Waals surface area (Å²) < 4.78 is 25.4. The molecule has 3 rings (SSSR count). The van der Waals surface area contributed by atoms with Crippen LogP contribution in [0.3, 0.4) is 0 Å². The Morgan fingerprint density at radius 1 is 1.22 bits per heavy atom. The van der Waals surface area contributed by atoms with Crippen molar-refractivity contribution in [1.29, 1.82) is 0 Å². The van der Waals surface area contributed by atoms with Crippen molar-refractivity contribution in [2.24, 2.45) is 0 Å². The number of nitrogens with one attached hydrogen (secondary N) is 1. The van der Waals surface area contributed by atoms with E-state index >= 15 is 0 Å². The number of benzene rings is 1. The van der Waals surface area contributed by atoms with Gasteiger partial charge in [0.25, 0.3) is 5.91 Å². The molecule has 2 heterocycles. The molecule has 1 N–H and O–H groups in total. The van der Waals surface area contributed by atoms with Crippen molar-refractivity contribution in [3.8, 4) is 0 Å². The minimum atomic E-state index is -3.56. The van der Waals surface area contributed by atoms with Crippen LogP contribution in [0.1, 0.15) is 16.6 Å². The molecule has 0 unspecified atom stereocenters. The third kappa shape index (κ3) is 3.17. The average Bonchev–Trinajstić information content (AvgIpc) is 3.06. The number of hydrogen-bond donors (Lipinski definition) is 1. The highest BCUT2D eigenvalue weighted by Crippen LogP contribution is 2.28. The summed E-state index contributed by atoms with van der Waals surface area (Å²) in [5.41, 5.74) is 0. The number of carbonyl (C=O) groups excluding carboxylic acids is 1. The van der Waals surface area contributed by atoms with Gasteiger partial charge in [0.1, 0.15) is 4.21 Å². The maximum Gasteiger partial charge on any atom is 0.264 e. The van der Waals surface area contributed by atoms with E-state index in [1.165, 1.54) is 6.07 Å². The second kappa shape index (κ2) is 6.43. The Morgan fingerprint density at radius 2 is 1.96 bits per heavy atom. The number of sulfone groups is 1. The Kier molecular flexibility index (Phi) is 4.52. The van der Waals surface area contributed by atoms with Crippen molar-refractivity contribution in [2.75, 3.05) is 19.6 Å². The Hall–Kier alpha value is -1.70. The summed E-state index contributed by atoms with van der Waals surface area (Å²) in [5, 5.41) is 3.24. The molecule has 2 aromatic rings. The third-order valence-electron chi connectivity index (χ3n) is 3.87. The molecular weight excluding hydrogens is 332 g/mol. The average molecular weight is 350 g/mol. The number of thiophene rings is 1. The minimum absolute atomic E-state index is 0.0986. The zero-order chi connectivity index (χ0) is 16.4. The molecule has 1 atom stereocenters. The summed E-state index contributed by atoms with van der Waals surface area (Å²) in [4.78, 5) is 15.1. The van der Waals surface area contributed by atoms with Crippen LogP contribution in [0.5, 0.6) is 0 Å². The van der Waals surface area contributed by atoms with E-state index < -0.39 is 9.84 Å². The summed E-state index contributed by atoms with van der Waals surface area (Å²) in [6.07, 6.45) is 0. The molecule has 1 aromatic carbocycles. The lowest BCUT2D eigenvalue weighted by molar-refractivity contribution is 0.0661. The van der Waals surface area contributed by atoms with Gasteiger partial charge in [-0.2, -0.15) is 0 Å². The van der Waals surface area contributed by atoms with E-state index in [1.54, 1.807) is 41.3 Å². The van der Waals surface area contributed by atoms with E-state index in [4.69, 9.17) is 0 Å². The molecule has 23 heavy (non-hydrogen) atoms. The monoisotopic (exact) mass is 350 g/mol. The Labute approximate surface area is 139 Å². The van der Waals surface area contributed by atoms with Crippen LogP contribution in [0.15, 0.2) is 51.6 Å². The van der Waals surface area contributed by atoms with Gasteiger partial charge in [0.15, 0.2) is 0 Å². The molecule has 1 amide bonds. The van der Waals surface area contributed by atoms with Crippen LogP contribution >= 0.6 is 11.3 Å². The first-order valence-electron chi connectivity index (χ1n) is 7.42. The summed E-state index contributed by atoms with van der Waals surface area (Å²) in [7, 11) is -3.56. The second-order valence-corrected chi connectivity index (χ2v) is 8.75. The van der Waals surface area contributed by atoms with Gasteiger partial charge in [0.05, 0.1) is 9.77 Å². The molecule has 1 aliphatic heterocycles. The van der Waals surface area contributed by atoms with Crippen molar-refractivity contribution in [1.82, 2.24) is 10.2 Å². The molecular formula is C16H18N2O3S2. The first-order valence-corrected chi connectivity index (χ1v) is 9.72. The van der Waals surface area contributed by atoms with Crippen molar-refractivity contribution in [3.63, 3.8) is 0 Å². The van der Waals surface area contributed by atoms with E-state index in [2.05, 4.69) is 5.32 Å². The van der Waals surface area contributed by atoms with Gasteiger partial charge in [-0.05, 0) is 31.2 Å². The highest BCUT2D eigenvalue weighted by molar-refractivity contribution is 7.93. The van der Waals surface area contributed by atoms with Crippen LogP contribution in [0, 0.1) is 0 Å². The Balaban J connectivity index is 1.87. The molecule has 1 saturated heterocycles. The Bertz CT molecular complexity index is 800. The van der Waals surface area contributed by atoms with Crippen molar-refractivity contribution >= 4 is 27.1 Å². The van der Waals surface area contributed by atoms with Gasteiger partial charge >= 0.3 is 0 Å². The van der Waals surface area contributed by atoms with E-state index in [1.807, 2.05) is 6.92 Å². The lowest BCUT2D eigenvalue weighted by Crippen LogP contribution is -2.52. The zero-order valence-corrected chi connectivity index (χ0v) is 14.4. The third-order valence-corrected chi connectivity index (χ3v) is 7.21. The van der Waals surface area contributed by atoms with E-state index in [0.29, 0.717) is 11.4 Å². The largest absolute Gasteiger partial charge is 0.333 e. The van der Waals surface area contributed by atoms with Gasteiger partial charge in [-0.3, -0.25) is 4.79 Å². The van der Waals surface area contributed by atoms with Crippen LogP contribution in [0.2, 0.25) is 0 Å². The summed E-state index contributed by atoms with van der Waals surface area (Å²) >= 11 is 1.04. The lowest BCUT2D eigenvalue weighted by Gasteiger charge is -2.33. The van der Waals surface area contributed by atoms with Gasteiger partial charge in [0, 0.05) is 25.7 Å². The molecule has 0 spiro atoms. The van der Waals surface area contributed by atoms with Crippen LogP contribution < -0.4 is 5.32 Å². The Morgan fingerprint density at radius 3 is 2.65 bits per heavy atom. The minimum Gasteiger partial charge on any atom is -0.333 e. The fraction of sp³-hybridized carbons (Fsp3) is 0.312. The SMILES string of the molecule is C[C@H]1CNCCN1C(=O)c1ccc(S(=O)(=O)c2ccccc2)s1. The molecule has 5 nitrogen and oxygen atoms in total. The number of nitrogens with zero attached hydrogens (tertiary/aromatic N) is 1. The topological polar surface area (TPSA) is 66.5 Å². The predicted molar refractivity (Wildman–Crippen MR) is 89.6 cm³/mol. The predicted octanol–water partition coefficient (Wildman–Crippen LogP) is 2.01. The normalized spacial score (nSPS) is 18.8. The molecule has 122 valence electrons. The van der Waals surface area contributed by atoms with Gasteiger partial charge in [-0.15, -0.1) is 11.3 Å². The van der Waals surface area contributed by atoms with Crippen LogP contribution in [0.25, 0.3) is 0 Å². The number of rotatable bonds is 3. The van der Waals surface area contributed by atoms with Gasteiger partial charge in [-0.25, -0.2) is 8.42 Å². The molecule has 0 saturated carbocycles. The smallest absolute Gasteiger partial charge is 0.264 e. The fourth-order valence-electron chi connectivity index (χ4n) is 2.58. The molecule has 1 fully saturated rings. The number of carbonyl (C=O) groups is 1. The van der Waals surface area contributed by atoms with Gasteiger partial charge in [0.2, 0.25) is 9.84 Å². The highest BCUT2D eigenvalue weighted by Gasteiger charge is 2.27. The van der Waals surface area contributed by atoms with Crippen molar-refractivity contribution in [3.05, 3.63) is 47.3 Å². The van der Waals surface area contributed by atoms with E-state index in [9.17, 15) is 13.2 Å². The van der Waals surface area contributed by atoms with Crippen LogP contribution in [-0.4, -0.2) is 44.9 Å². The van der Waals surface area contributed by atoms with Crippen LogP contribution in [0.4, 0.5) is 0 Å². The second-order valence-electron chi connectivity index (χ2n) is 5.49. The van der Waals surface area contributed by atoms with E-state index in [0.717, 1.165) is 24.4 Å². The maximum absolute atomic E-state index is 12.6. The number of hydrogen-bond acceptors (Lipinski definition) is 5. The highest BCUT2D eigenvalue weighted by atomic mass is 32.2. The van der Waals surface area contributed by atoms with Crippen LogP contribution in [-0.2, 0) is 9.84 Å². The summed E-state index contributed by atoms with van der Waals surface area (Å²) in [6.45, 7) is 4.14. The number of piperazine rings is 1. The lowest BCUT2D eigenvalue weighted by atomic mass is 10.2. The molecule has 0 bridgehead atoms. The zero-order valence-electron chi connectivity index (χ0n) is 12.7. The molecule has 7 heteroatoms. The molecule has 1 aromatic heterocycles.